The van der Waals surface area contributed by atoms with Gasteiger partial charge in [0.25, 0.3) is 0 Å². The van der Waals surface area contributed by atoms with Gasteiger partial charge in [0, 0.05) is 0 Å². The van der Waals surface area contributed by atoms with Gasteiger partial charge in [0.1, 0.15) is 0 Å². The third-order valence-electron chi connectivity index (χ3n) is 5.13. The van der Waals surface area contributed by atoms with Crippen LogP contribution in [-0.4, -0.2) is 24.4 Å². The fourth-order valence-corrected chi connectivity index (χ4v) is 4.34. The Morgan fingerprint density at radius 2 is 1.86 bits per heavy atom. The van der Waals surface area contributed by atoms with Gasteiger partial charge in [-0.05, 0) is 36.5 Å². The molecule has 2 heteroatoms. The van der Waals surface area contributed by atoms with Gasteiger partial charge in [0.15, 0.2) is 0 Å². The quantitative estimate of drug-likeness (QED) is 0.627. The van der Waals surface area contributed by atoms with Gasteiger partial charge in [-0.25, -0.2) is 0 Å². The van der Waals surface area contributed by atoms with Gasteiger partial charge in [0.05, 0.1) is 24.4 Å². The van der Waals surface area contributed by atoms with Crippen LogP contribution >= 0.6 is 0 Å². The summed E-state index contributed by atoms with van der Waals surface area (Å²) >= 11 is 0. The number of hydrogen-bond donors (Lipinski definition) is 0. The van der Waals surface area contributed by atoms with E-state index in [9.17, 15) is 0 Å². The molecule has 2 aliphatic carbocycles. The predicted octanol–water partition coefficient (Wildman–Crippen LogP) is 1.83. The lowest BCUT2D eigenvalue weighted by molar-refractivity contribution is 0.200. The van der Waals surface area contributed by atoms with Crippen molar-refractivity contribution in [3.8, 4) is 0 Å². The van der Waals surface area contributed by atoms with Gasteiger partial charge in [0.2, 0.25) is 0 Å². The molecule has 78 valence electrons. The van der Waals surface area contributed by atoms with Crippen LogP contribution in [0.1, 0.15) is 26.7 Å². The third kappa shape index (κ3) is 0.809. The van der Waals surface area contributed by atoms with E-state index in [0.717, 1.165) is 23.7 Å². The lowest BCUT2D eigenvalue weighted by atomic mass is 9.77. The van der Waals surface area contributed by atoms with Crippen LogP contribution in [0.25, 0.3) is 0 Å². The average Bonchev–Trinajstić information content (AvgIpc) is 3.06. The Hall–Kier alpha value is -0.0800. The lowest BCUT2D eigenvalue weighted by Gasteiger charge is -2.24. The maximum atomic E-state index is 5.78. The number of ether oxygens (including phenoxy) is 2. The first-order chi connectivity index (χ1) is 6.81. The van der Waals surface area contributed by atoms with Crippen LogP contribution in [-0.2, 0) is 9.47 Å². The van der Waals surface area contributed by atoms with Crippen molar-refractivity contribution in [2.45, 2.75) is 51.1 Å². The summed E-state index contributed by atoms with van der Waals surface area (Å²) in [5.41, 5.74) is 0. The molecule has 2 heterocycles. The summed E-state index contributed by atoms with van der Waals surface area (Å²) in [7, 11) is 0. The molecule has 4 aliphatic rings. The second-order valence-electron chi connectivity index (χ2n) is 5.61. The van der Waals surface area contributed by atoms with Crippen molar-refractivity contribution in [1.29, 1.82) is 0 Å². The summed E-state index contributed by atoms with van der Waals surface area (Å²) in [6.45, 7) is 4.65. The molecule has 0 N–H and O–H groups in total. The molecule has 4 fully saturated rings. The van der Waals surface area contributed by atoms with E-state index in [-0.39, 0.29) is 0 Å². The highest BCUT2D eigenvalue weighted by atomic mass is 16.6. The molecule has 2 saturated heterocycles. The Labute approximate surface area is 85.0 Å². The lowest BCUT2D eigenvalue weighted by Crippen LogP contribution is -2.30. The highest BCUT2D eigenvalue weighted by Crippen LogP contribution is 2.64. The first-order valence-electron chi connectivity index (χ1n) is 6.12. The van der Waals surface area contributed by atoms with Crippen molar-refractivity contribution in [3.05, 3.63) is 0 Å². The number of epoxide rings is 2. The Morgan fingerprint density at radius 3 is 2.50 bits per heavy atom. The van der Waals surface area contributed by atoms with E-state index < -0.39 is 0 Å². The highest BCUT2D eigenvalue weighted by molar-refractivity contribution is 5.16. The normalized spacial score (nSPS) is 68.1. The molecule has 0 aromatic heterocycles. The zero-order valence-corrected chi connectivity index (χ0v) is 8.85. The standard InChI is InChI=1S/C12H18O2/c1-3-8-12(13-8)9-5(2)6-4-7(9)11-10(6)14-11/h5-12H,3-4H2,1-2H3. The minimum atomic E-state index is 0.582. The third-order valence-corrected chi connectivity index (χ3v) is 5.13. The van der Waals surface area contributed by atoms with E-state index in [4.69, 9.17) is 9.47 Å². The SMILES string of the molecule is CCC1OC1C1C(C)C2CC1C1OC21. The number of fused-ring (bicyclic) bond motifs is 5. The maximum Gasteiger partial charge on any atom is 0.0876 e. The van der Waals surface area contributed by atoms with Gasteiger partial charge in [-0.15, -0.1) is 0 Å². The molecule has 2 nitrogen and oxygen atoms in total. The zero-order chi connectivity index (χ0) is 9.45. The van der Waals surface area contributed by atoms with Crippen LogP contribution in [0.15, 0.2) is 0 Å². The van der Waals surface area contributed by atoms with E-state index in [1.54, 1.807) is 0 Å². The molecule has 2 saturated carbocycles. The molecular weight excluding hydrogens is 176 g/mol. The molecular formula is C12H18O2. The van der Waals surface area contributed by atoms with Crippen molar-refractivity contribution in [1.82, 2.24) is 0 Å². The van der Waals surface area contributed by atoms with Gasteiger partial charge >= 0.3 is 0 Å². The van der Waals surface area contributed by atoms with Crippen molar-refractivity contribution in [2.75, 3.05) is 0 Å². The molecule has 2 bridgehead atoms. The van der Waals surface area contributed by atoms with E-state index in [0.29, 0.717) is 24.4 Å². The maximum absolute atomic E-state index is 5.78. The Bertz CT molecular complexity index is 277. The van der Waals surface area contributed by atoms with Crippen molar-refractivity contribution in [2.24, 2.45) is 23.7 Å². The summed E-state index contributed by atoms with van der Waals surface area (Å²) in [6, 6.07) is 0. The number of hydrogen-bond acceptors (Lipinski definition) is 2. The fourth-order valence-electron chi connectivity index (χ4n) is 4.34. The van der Waals surface area contributed by atoms with Crippen LogP contribution in [0.2, 0.25) is 0 Å². The van der Waals surface area contributed by atoms with Crippen LogP contribution < -0.4 is 0 Å². The average molecular weight is 194 g/mol. The molecule has 0 spiro atoms. The minimum Gasteiger partial charge on any atom is -0.369 e. The van der Waals surface area contributed by atoms with Crippen LogP contribution in [0.5, 0.6) is 0 Å². The van der Waals surface area contributed by atoms with E-state index in [1.807, 2.05) is 0 Å². The molecule has 8 unspecified atom stereocenters. The fraction of sp³-hybridized carbons (Fsp3) is 1.00. The smallest absolute Gasteiger partial charge is 0.0876 e. The van der Waals surface area contributed by atoms with Crippen molar-refractivity contribution in [3.63, 3.8) is 0 Å². The second-order valence-corrected chi connectivity index (χ2v) is 5.61. The molecule has 0 aromatic carbocycles. The Kier molecular flexibility index (Phi) is 1.37. The van der Waals surface area contributed by atoms with Gasteiger partial charge in [-0.2, -0.15) is 0 Å². The molecule has 8 atom stereocenters. The highest BCUT2D eigenvalue weighted by Gasteiger charge is 2.69. The molecule has 2 aliphatic heterocycles. The van der Waals surface area contributed by atoms with Crippen molar-refractivity contribution >= 4 is 0 Å². The van der Waals surface area contributed by atoms with Crippen LogP contribution in [0, 0.1) is 23.7 Å². The molecule has 4 rings (SSSR count). The Balaban J connectivity index is 1.57. The monoisotopic (exact) mass is 194 g/mol. The van der Waals surface area contributed by atoms with E-state index in [2.05, 4.69) is 13.8 Å². The second kappa shape index (κ2) is 2.35. The first kappa shape index (κ1) is 8.12. The summed E-state index contributed by atoms with van der Waals surface area (Å²) in [4.78, 5) is 0. The van der Waals surface area contributed by atoms with E-state index >= 15 is 0 Å². The molecule has 14 heavy (non-hydrogen) atoms. The van der Waals surface area contributed by atoms with Crippen LogP contribution in [0.3, 0.4) is 0 Å². The summed E-state index contributed by atoms with van der Waals surface area (Å²) in [5.74, 6) is 3.40. The molecule has 0 aromatic rings. The minimum absolute atomic E-state index is 0.582. The number of rotatable bonds is 2. The Morgan fingerprint density at radius 1 is 1.07 bits per heavy atom. The topological polar surface area (TPSA) is 25.1 Å². The predicted molar refractivity (Wildman–Crippen MR) is 51.9 cm³/mol. The van der Waals surface area contributed by atoms with Gasteiger partial charge in [-0.3, -0.25) is 0 Å². The summed E-state index contributed by atoms with van der Waals surface area (Å²) in [6.07, 6.45) is 5.10. The first-order valence-corrected chi connectivity index (χ1v) is 6.12. The van der Waals surface area contributed by atoms with Crippen molar-refractivity contribution < 1.29 is 9.47 Å². The molecule has 0 radical (unpaired) electrons. The molecule has 0 amide bonds. The van der Waals surface area contributed by atoms with Gasteiger partial charge in [-0.1, -0.05) is 13.8 Å². The van der Waals surface area contributed by atoms with E-state index in [1.165, 1.54) is 12.8 Å². The zero-order valence-electron chi connectivity index (χ0n) is 8.85. The van der Waals surface area contributed by atoms with Crippen LogP contribution in [0.4, 0.5) is 0 Å². The summed E-state index contributed by atoms with van der Waals surface area (Å²) < 4.78 is 11.5. The largest absolute Gasteiger partial charge is 0.369 e. The summed E-state index contributed by atoms with van der Waals surface area (Å²) in [5, 5.41) is 0. The van der Waals surface area contributed by atoms with Gasteiger partial charge < -0.3 is 9.47 Å².